The fraction of sp³-hybridized carbons (Fsp3) is 0.286. The Morgan fingerprint density at radius 2 is 1.89 bits per heavy atom. The maximum Gasteiger partial charge on any atom is 0.322 e. The number of fused-ring (bicyclic) bond motifs is 1. The van der Waals surface area contributed by atoms with E-state index in [9.17, 15) is 9.59 Å². The molecule has 0 radical (unpaired) electrons. The molecule has 1 fully saturated rings. The highest BCUT2D eigenvalue weighted by molar-refractivity contribution is 7.16. The van der Waals surface area contributed by atoms with E-state index in [4.69, 9.17) is 4.74 Å². The lowest BCUT2D eigenvalue weighted by molar-refractivity contribution is 0.0583. The van der Waals surface area contributed by atoms with Crippen molar-refractivity contribution in [1.82, 2.24) is 14.4 Å². The Morgan fingerprint density at radius 3 is 2.64 bits per heavy atom. The van der Waals surface area contributed by atoms with Gasteiger partial charge in [0.15, 0.2) is 0 Å². The number of methoxy groups -OCH3 is 1. The lowest BCUT2D eigenvalue weighted by Gasteiger charge is -2.39. The van der Waals surface area contributed by atoms with Gasteiger partial charge in [-0.05, 0) is 61.2 Å². The summed E-state index contributed by atoms with van der Waals surface area (Å²) >= 11 is 1.63. The van der Waals surface area contributed by atoms with Crippen LogP contribution in [0.5, 0.6) is 5.75 Å². The van der Waals surface area contributed by atoms with Crippen LogP contribution in [0.15, 0.2) is 66.0 Å². The van der Waals surface area contributed by atoms with E-state index < -0.39 is 0 Å². The number of thiophene rings is 1. The van der Waals surface area contributed by atoms with E-state index >= 15 is 0 Å². The number of carbonyl (C=O) groups excluding carboxylic acids is 2. The van der Waals surface area contributed by atoms with E-state index in [-0.39, 0.29) is 18.0 Å². The normalized spacial score (nSPS) is 15.8. The average Bonchev–Trinajstić information content (AvgIpc) is 3.47. The topological polar surface area (TPSA) is 66.8 Å². The largest absolute Gasteiger partial charge is 0.497 e. The predicted octanol–water partition coefficient (Wildman–Crippen LogP) is 5.45. The van der Waals surface area contributed by atoms with Gasteiger partial charge in [0.05, 0.1) is 7.11 Å². The molecule has 1 aliphatic rings. The minimum Gasteiger partial charge on any atom is -0.497 e. The zero-order chi connectivity index (χ0) is 25.2. The highest BCUT2D eigenvalue weighted by Gasteiger charge is 2.32. The molecule has 3 heterocycles. The van der Waals surface area contributed by atoms with Crippen molar-refractivity contribution in [2.24, 2.45) is 0 Å². The van der Waals surface area contributed by atoms with Gasteiger partial charge < -0.3 is 24.4 Å². The van der Waals surface area contributed by atoms with Crippen molar-refractivity contribution in [3.05, 3.63) is 82.9 Å². The molecule has 0 bridgehead atoms. The maximum atomic E-state index is 13.7. The van der Waals surface area contributed by atoms with Crippen LogP contribution in [0.3, 0.4) is 0 Å². The van der Waals surface area contributed by atoms with Gasteiger partial charge in [0, 0.05) is 43.3 Å². The van der Waals surface area contributed by atoms with Crippen molar-refractivity contribution >= 4 is 39.2 Å². The van der Waals surface area contributed by atoms with Crippen LogP contribution in [0, 0.1) is 6.92 Å². The van der Waals surface area contributed by atoms with Crippen LogP contribution in [-0.2, 0) is 6.54 Å². The summed E-state index contributed by atoms with van der Waals surface area (Å²) in [4.78, 5) is 31.4. The lowest BCUT2D eigenvalue weighted by atomic mass is 10.1. The summed E-state index contributed by atoms with van der Waals surface area (Å²) in [5.74, 6) is 0.788. The third-order valence-corrected chi connectivity index (χ3v) is 7.63. The number of rotatable bonds is 5. The van der Waals surface area contributed by atoms with Crippen LogP contribution >= 0.6 is 11.3 Å². The van der Waals surface area contributed by atoms with Crippen molar-refractivity contribution in [3.8, 4) is 5.75 Å². The number of amides is 3. The molecule has 2 aromatic heterocycles. The summed E-state index contributed by atoms with van der Waals surface area (Å²) in [6, 6.07) is 19.5. The summed E-state index contributed by atoms with van der Waals surface area (Å²) in [7, 11) is 1.66. The van der Waals surface area contributed by atoms with E-state index in [1.54, 1.807) is 23.3 Å². The first-order valence-corrected chi connectivity index (χ1v) is 12.9. The number of aryl methyl sites for hydroxylation is 1. The first-order valence-electron chi connectivity index (χ1n) is 12.1. The third kappa shape index (κ3) is 4.81. The number of piperazine rings is 1. The minimum atomic E-state index is -0.139. The van der Waals surface area contributed by atoms with Gasteiger partial charge in [-0.15, -0.1) is 11.3 Å². The third-order valence-electron chi connectivity index (χ3n) is 6.67. The molecule has 0 aliphatic carbocycles. The molecular weight excluding hydrogens is 472 g/mol. The molecule has 2 aromatic carbocycles. The van der Waals surface area contributed by atoms with Gasteiger partial charge in [-0.25, -0.2) is 4.79 Å². The number of aromatic nitrogens is 1. The molecule has 1 N–H and O–H groups in total. The SMILES string of the molecule is COc1cccc(Cn2c(C(=O)N3CCN(C(=O)Nc4ccc(C)cc4)[C@H](C)C3)cc3ccsc32)c1. The van der Waals surface area contributed by atoms with E-state index in [0.29, 0.717) is 31.9 Å². The van der Waals surface area contributed by atoms with Crippen LogP contribution in [0.4, 0.5) is 10.5 Å². The highest BCUT2D eigenvalue weighted by atomic mass is 32.1. The Labute approximate surface area is 214 Å². The summed E-state index contributed by atoms with van der Waals surface area (Å²) < 4.78 is 7.48. The van der Waals surface area contributed by atoms with Crippen molar-refractivity contribution in [2.75, 3.05) is 32.1 Å². The van der Waals surface area contributed by atoms with Gasteiger partial charge in [0.1, 0.15) is 16.3 Å². The number of benzene rings is 2. The number of hydrogen-bond acceptors (Lipinski definition) is 4. The second-order valence-corrected chi connectivity index (χ2v) is 10.1. The minimum absolute atomic E-state index is 0.00765. The molecular formula is C28H30N4O3S. The monoisotopic (exact) mass is 502 g/mol. The fourth-order valence-corrected chi connectivity index (χ4v) is 5.60. The Morgan fingerprint density at radius 1 is 1.08 bits per heavy atom. The quantitative estimate of drug-likeness (QED) is 0.395. The van der Waals surface area contributed by atoms with Gasteiger partial charge in [0.25, 0.3) is 5.91 Å². The molecule has 3 amide bonds. The van der Waals surface area contributed by atoms with Crippen LogP contribution in [0.2, 0.25) is 0 Å². The molecule has 4 aromatic rings. The van der Waals surface area contributed by atoms with E-state index in [1.165, 1.54) is 0 Å². The van der Waals surface area contributed by atoms with Crippen molar-refractivity contribution < 1.29 is 14.3 Å². The second kappa shape index (κ2) is 10.1. The Bertz CT molecular complexity index is 1390. The van der Waals surface area contributed by atoms with Gasteiger partial charge in [-0.2, -0.15) is 0 Å². The Hall–Kier alpha value is -3.78. The smallest absolute Gasteiger partial charge is 0.322 e. The number of hydrogen-bond donors (Lipinski definition) is 1. The molecule has 0 spiro atoms. The van der Waals surface area contributed by atoms with Crippen LogP contribution in [-0.4, -0.2) is 59.1 Å². The number of carbonyl (C=O) groups is 2. The zero-order valence-electron chi connectivity index (χ0n) is 20.7. The maximum absolute atomic E-state index is 13.7. The number of urea groups is 1. The number of anilines is 1. The molecule has 1 saturated heterocycles. The lowest BCUT2D eigenvalue weighted by Crippen LogP contribution is -2.56. The molecule has 1 atom stereocenters. The van der Waals surface area contributed by atoms with Gasteiger partial charge >= 0.3 is 6.03 Å². The van der Waals surface area contributed by atoms with Gasteiger partial charge in [-0.1, -0.05) is 29.8 Å². The highest BCUT2D eigenvalue weighted by Crippen LogP contribution is 2.28. The first-order chi connectivity index (χ1) is 17.4. The molecule has 0 saturated carbocycles. The number of nitrogens with one attached hydrogen (secondary N) is 1. The predicted molar refractivity (Wildman–Crippen MR) is 144 cm³/mol. The standard InChI is InChI=1S/C28H30N4O3S/c1-19-7-9-23(10-8-19)29-28(34)31-13-12-30(17-20(31)2)26(33)25-16-22-11-14-36-27(22)32(25)18-21-5-4-6-24(15-21)35-3/h4-11,14-16,20H,12-13,17-18H2,1-3H3,(H,29,34)/t20-/m1/s1. The van der Waals surface area contributed by atoms with E-state index in [1.807, 2.05) is 73.3 Å². The van der Waals surface area contributed by atoms with Crippen LogP contribution in [0.1, 0.15) is 28.5 Å². The van der Waals surface area contributed by atoms with E-state index in [0.717, 1.165) is 32.8 Å². The average molecular weight is 503 g/mol. The summed E-state index contributed by atoms with van der Waals surface area (Å²) in [5, 5.41) is 6.09. The molecule has 0 unspecified atom stereocenters. The molecule has 7 nitrogen and oxygen atoms in total. The molecule has 36 heavy (non-hydrogen) atoms. The molecule has 8 heteroatoms. The zero-order valence-corrected chi connectivity index (χ0v) is 21.5. The summed E-state index contributed by atoms with van der Waals surface area (Å²) in [5.41, 5.74) is 3.65. The fourth-order valence-electron chi connectivity index (χ4n) is 4.70. The van der Waals surface area contributed by atoms with Gasteiger partial charge in [0.2, 0.25) is 0 Å². The summed E-state index contributed by atoms with van der Waals surface area (Å²) in [6.07, 6.45) is 0. The first kappa shape index (κ1) is 23.9. The second-order valence-electron chi connectivity index (χ2n) is 9.24. The molecule has 1 aliphatic heterocycles. The van der Waals surface area contributed by atoms with Crippen LogP contribution in [0.25, 0.3) is 10.2 Å². The van der Waals surface area contributed by atoms with Crippen molar-refractivity contribution in [3.63, 3.8) is 0 Å². The van der Waals surface area contributed by atoms with Crippen LogP contribution < -0.4 is 10.1 Å². The Kier molecular flexibility index (Phi) is 6.69. The molecule has 186 valence electrons. The van der Waals surface area contributed by atoms with Crippen molar-refractivity contribution in [1.29, 1.82) is 0 Å². The van der Waals surface area contributed by atoms with Gasteiger partial charge in [-0.3, -0.25) is 4.79 Å². The molecule has 5 rings (SSSR count). The van der Waals surface area contributed by atoms with E-state index in [2.05, 4.69) is 21.3 Å². The summed E-state index contributed by atoms with van der Waals surface area (Å²) in [6.45, 7) is 6.04. The number of nitrogens with zero attached hydrogens (tertiary/aromatic N) is 3. The van der Waals surface area contributed by atoms with Crippen molar-refractivity contribution in [2.45, 2.75) is 26.4 Å². The number of ether oxygens (including phenoxy) is 1. The Balaban J connectivity index is 1.32.